The Kier molecular flexibility index (Phi) is 9.49. The lowest BCUT2D eigenvalue weighted by molar-refractivity contribution is -0.364. The van der Waals surface area contributed by atoms with E-state index in [2.05, 4.69) is 15.3 Å². The second-order valence-corrected chi connectivity index (χ2v) is 13.8. The van der Waals surface area contributed by atoms with Crippen molar-refractivity contribution in [2.75, 3.05) is 51.3 Å². The van der Waals surface area contributed by atoms with Gasteiger partial charge in [0.05, 0.1) is 42.2 Å². The SMILES string of the molecule is CNCCC1(C)Oc2c(cc3c(=O)cc(C)oc3c2N2C=C3N=CC=C3C2)CC1OOCC(O)C(O)(CN1CC=C2N=CC=C21)C(O)C(O)CO. The number of aliphatic imine (C=N–C) groups is 2. The zero-order valence-electron chi connectivity index (χ0n) is 28.7. The van der Waals surface area contributed by atoms with Gasteiger partial charge in [0, 0.05) is 55.2 Å². The highest BCUT2D eigenvalue weighted by Crippen LogP contribution is 2.48. The summed E-state index contributed by atoms with van der Waals surface area (Å²) in [5, 5.41) is 57.4. The molecule has 1 aromatic carbocycles. The van der Waals surface area contributed by atoms with E-state index < -0.39 is 48.8 Å². The number of nitrogens with one attached hydrogen (secondary N) is 1. The van der Waals surface area contributed by atoms with Gasteiger partial charge in [-0.3, -0.25) is 14.8 Å². The molecule has 0 saturated heterocycles. The summed E-state index contributed by atoms with van der Waals surface area (Å²) < 4.78 is 13.0. The van der Waals surface area contributed by atoms with Crippen molar-refractivity contribution >= 4 is 29.1 Å². The normalized spacial score (nSPS) is 24.7. The molecule has 6 heterocycles. The maximum Gasteiger partial charge on any atom is 0.193 e. The van der Waals surface area contributed by atoms with Gasteiger partial charge in [-0.25, -0.2) is 9.78 Å². The average molecular weight is 706 g/mol. The van der Waals surface area contributed by atoms with Crippen molar-refractivity contribution in [2.45, 2.75) is 62.3 Å². The first-order valence-electron chi connectivity index (χ1n) is 17.0. The number of rotatable bonds is 14. The van der Waals surface area contributed by atoms with Gasteiger partial charge in [0.25, 0.3) is 0 Å². The van der Waals surface area contributed by atoms with Gasteiger partial charge in [0.2, 0.25) is 0 Å². The Balaban J connectivity index is 1.16. The Morgan fingerprint density at radius 1 is 1.18 bits per heavy atom. The molecule has 15 heteroatoms. The molecule has 5 aliphatic rings. The zero-order valence-corrected chi connectivity index (χ0v) is 28.7. The average Bonchev–Trinajstić information content (AvgIpc) is 3.90. The summed E-state index contributed by atoms with van der Waals surface area (Å²) in [5.74, 6) is 1.00. The van der Waals surface area contributed by atoms with Crippen LogP contribution >= 0.6 is 0 Å². The van der Waals surface area contributed by atoms with E-state index in [1.54, 1.807) is 36.4 Å². The topological polar surface area (TPSA) is 202 Å². The number of aliphatic hydroxyl groups is 5. The van der Waals surface area contributed by atoms with E-state index in [1.165, 1.54) is 6.07 Å². The number of hydrogen-bond acceptors (Lipinski definition) is 15. The van der Waals surface area contributed by atoms with E-state index in [1.807, 2.05) is 37.2 Å². The molecule has 6 unspecified atom stereocenters. The molecule has 0 spiro atoms. The highest BCUT2D eigenvalue weighted by atomic mass is 17.2. The third kappa shape index (κ3) is 6.33. The van der Waals surface area contributed by atoms with Crippen LogP contribution in [0, 0.1) is 6.92 Å². The van der Waals surface area contributed by atoms with Crippen LogP contribution in [0.1, 0.15) is 24.7 Å². The van der Waals surface area contributed by atoms with Crippen molar-refractivity contribution in [3.8, 4) is 5.75 Å². The number of hydrogen-bond donors (Lipinski definition) is 6. The van der Waals surface area contributed by atoms with Crippen LogP contribution in [0.25, 0.3) is 11.0 Å². The Labute approximate surface area is 293 Å². The Bertz CT molecular complexity index is 1950. The fourth-order valence-corrected chi connectivity index (χ4v) is 7.21. The van der Waals surface area contributed by atoms with Crippen molar-refractivity contribution in [1.82, 2.24) is 10.2 Å². The molecule has 15 nitrogen and oxygen atoms in total. The van der Waals surface area contributed by atoms with Crippen molar-refractivity contribution in [3.63, 3.8) is 0 Å². The summed E-state index contributed by atoms with van der Waals surface area (Å²) in [6, 6.07) is 3.19. The highest BCUT2D eigenvalue weighted by Gasteiger charge is 2.49. The second-order valence-electron chi connectivity index (χ2n) is 13.8. The molecule has 0 fully saturated rings. The van der Waals surface area contributed by atoms with Crippen molar-refractivity contribution < 1.29 is 44.5 Å². The van der Waals surface area contributed by atoms with Crippen LogP contribution in [-0.4, -0.2) is 125 Å². The molecule has 0 radical (unpaired) electrons. The van der Waals surface area contributed by atoms with Crippen LogP contribution in [0.15, 0.2) is 78.4 Å². The molecular weight excluding hydrogens is 662 g/mol. The number of β-amino-alcohol motifs (C(OH)–C–C–N with tert-alkyl or cyclic N) is 1. The van der Waals surface area contributed by atoms with Crippen LogP contribution in [0.5, 0.6) is 5.75 Å². The minimum absolute atomic E-state index is 0.203. The third-order valence-electron chi connectivity index (χ3n) is 10.2. The van der Waals surface area contributed by atoms with Crippen LogP contribution in [0.3, 0.4) is 0 Å². The molecule has 6 atom stereocenters. The lowest BCUT2D eigenvalue weighted by atomic mass is 9.86. The first kappa shape index (κ1) is 35.2. The largest absolute Gasteiger partial charge is 0.482 e. The smallest absolute Gasteiger partial charge is 0.193 e. The fraction of sp³-hybridized carbons (Fsp3) is 0.472. The lowest BCUT2D eigenvalue weighted by Gasteiger charge is -2.43. The number of fused-ring (bicyclic) bond motifs is 4. The van der Waals surface area contributed by atoms with Crippen molar-refractivity contribution in [1.29, 1.82) is 0 Å². The van der Waals surface area contributed by atoms with Crippen LogP contribution in [0.2, 0.25) is 0 Å². The summed E-state index contributed by atoms with van der Waals surface area (Å²) in [6.45, 7) is 3.26. The summed E-state index contributed by atoms with van der Waals surface area (Å²) in [4.78, 5) is 37.3. The van der Waals surface area contributed by atoms with E-state index in [0.717, 1.165) is 11.3 Å². The zero-order chi connectivity index (χ0) is 36.1. The van der Waals surface area contributed by atoms with Crippen molar-refractivity contribution in [3.05, 3.63) is 80.8 Å². The molecule has 1 aromatic heterocycles. The predicted octanol–water partition coefficient (Wildman–Crippen LogP) is 0.367. The van der Waals surface area contributed by atoms with Gasteiger partial charge in [0.1, 0.15) is 53.7 Å². The molecule has 2 aromatic rings. The summed E-state index contributed by atoms with van der Waals surface area (Å²) in [6.07, 6.45) is 5.28. The standard InChI is InChI=1S/C36H43N5O10/c1-20-12-27(43)23-13-22-14-30(35(2,7-10-37-3)50-32(22)31(33(23)49-20)41-15-21-4-8-39-25(21)16-41)51-48-18-29(45)36(47,34(46)28(44)17-42)19-40-11-6-24-26(40)5-9-38-24/h4-6,8-9,12-13,16,28-30,34,37,42,44-47H,7,10-11,14-15,17-19H2,1-3H3. The number of ether oxygens (including phenoxy) is 1. The quantitative estimate of drug-likeness (QED) is 0.116. The summed E-state index contributed by atoms with van der Waals surface area (Å²) >= 11 is 0. The molecule has 6 N–H and O–H groups in total. The third-order valence-corrected chi connectivity index (χ3v) is 10.2. The molecule has 0 aliphatic carbocycles. The van der Waals surface area contributed by atoms with Gasteiger partial charge in [-0.05, 0) is 51.7 Å². The molecule has 7 rings (SSSR count). The van der Waals surface area contributed by atoms with Crippen LogP contribution in [0.4, 0.5) is 5.69 Å². The Hall–Kier alpha value is -4.19. The van der Waals surface area contributed by atoms with Gasteiger partial charge in [-0.1, -0.05) is 0 Å². The number of benzene rings is 1. The number of nitrogens with zero attached hydrogens (tertiary/aromatic N) is 4. The van der Waals surface area contributed by atoms with Crippen LogP contribution < -0.4 is 20.4 Å². The lowest BCUT2D eigenvalue weighted by Crippen LogP contribution is -2.63. The minimum Gasteiger partial charge on any atom is -0.482 e. The first-order chi connectivity index (χ1) is 24.5. The Morgan fingerprint density at radius 2 is 1.96 bits per heavy atom. The summed E-state index contributed by atoms with van der Waals surface area (Å²) in [7, 11) is 1.82. The van der Waals surface area contributed by atoms with Crippen LogP contribution in [-0.2, 0) is 16.2 Å². The van der Waals surface area contributed by atoms with Crippen molar-refractivity contribution in [2.24, 2.45) is 9.98 Å². The number of aryl methyl sites for hydroxylation is 1. The van der Waals surface area contributed by atoms with Gasteiger partial charge in [-0.2, -0.15) is 0 Å². The van der Waals surface area contributed by atoms with E-state index in [0.29, 0.717) is 71.2 Å². The molecule has 0 amide bonds. The van der Waals surface area contributed by atoms with Gasteiger partial charge < -0.3 is 49.8 Å². The Morgan fingerprint density at radius 3 is 2.73 bits per heavy atom. The summed E-state index contributed by atoms with van der Waals surface area (Å²) in [5.41, 5.74) is 1.37. The molecule has 0 bridgehead atoms. The monoisotopic (exact) mass is 705 g/mol. The van der Waals surface area contributed by atoms with E-state index in [-0.39, 0.29) is 18.4 Å². The maximum absolute atomic E-state index is 13.3. The number of anilines is 1. The van der Waals surface area contributed by atoms with Gasteiger partial charge >= 0.3 is 0 Å². The highest BCUT2D eigenvalue weighted by molar-refractivity contribution is 5.96. The van der Waals surface area contributed by atoms with E-state index in [4.69, 9.17) is 18.9 Å². The molecule has 272 valence electrons. The molecular formula is C36H43N5O10. The first-order valence-corrected chi connectivity index (χ1v) is 17.0. The van der Waals surface area contributed by atoms with Gasteiger partial charge in [0.15, 0.2) is 16.8 Å². The van der Waals surface area contributed by atoms with E-state index >= 15 is 0 Å². The fourth-order valence-electron chi connectivity index (χ4n) is 7.21. The van der Waals surface area contributed by atoms with E-state index in [9.17, 15) is 30.3 Å². The maximum atomic E-state index is 13.3. The predicted molar refractivity (Wildman–Crippen MR) is 188 cm³/mol. The van der Waals surface area contributed by atoms with Gasteiger partial charge in [-0.15, -0.1) is 0 Å². The molecule has 51 heavy (non-hydrogen) atoms. The number of aliphatic hydroxyl groups excluding tert-OH is 4. The second kappa shape index (κ2) is 13.7. The molecule has 0 saturated carbocycles. The minimum atomic E-state index is -2.36. The molecule has 5 aliphatic heterocycles. The number of allylic oxidation sites excluding steroid dienone is 2.